The zero-order valence-electron chi connectivity index (χ0n) is 11.3. The van der Waals surface area contributed by atoms with Gasteiger partial charge in [-0.1, -0.05) is 18.2 Å². The third-order valence-electron chi connectivity index (χ3n) is 3.33. The highest BCUT2D eigenvalue weighted by molar-refractivity contribution is 5.79. The van der Waals surface area contributed by atoms with Crippen molar-refractivity contribution in [3.05, 3.63) is 36.4 Å². The van der Waals surface area contributed by atoms with Crippen molar-refractivity contribution in [1.82, 2.24) is 9.88 Å². The zero-order chi connectivity index (χ0) is 13.9. The normalized spacial score (nSPS) is 15.2. The molecule has 5 heteroatoms. The van der Waals surface area contributed by atoms with E-state index >= 15 is 0 Å². The Morgan fingerprint density at radius 1 is 1.30 bits per heavy atom. The van der Waals surface area contributed by atoms with E-state index in [-0.39, 0.29) is 18.6 Å². The molecule has 2 aromatic rings. The molecule has 0 spiro atoms. The van der Waals surface area contributed by atoms with E-state index in [1.165, 1.54) is 7.11 Å². The van der Waals surface area contributed by atoms with Crippen LogP contribution >= 0.6 is 0 Å². The van der Waals surface area contributed by atoms with Gasteiger partial charge in [0.2, 0.25) is 11.8 Å². The van der Waals surface area contributed by atoms with Gasteiger partial charge < -0.3 is 14.4 Å². The number of ether oxygens (including phenoxy) is 2. The number of fused-ring (bicyclic) bond motifs is 1. The average molecular weight is 272 g/mol. The van der Waals surface area contributed by atoms with E-state index in [1.807, 2.05) is 36.4 Å². The zero-order valence-corrected chi connectivity index (χ0v) is 11.3. The maximum absolute atomic E-state index is 11.5. The highest BCUT2D eigenvalue weighted by Crippen LogP contribution is 2.20. The summed E-state index contributed by atoms with van der Waals surface area (Å²) in [5, 5.41) is 1.09. The molecule has 0 N–H and O–H groups in total. The molecule has 0 atom stereocenters. The quantitative estimate of drug-likeness (QED) is 0.845. The van der Waals surface area contributed by atoms with E-state index in [4.69, 9.17) is 9.47 Å². The molecule has 2 heterocycles. The Hall–Kier alpha value is -2.14. The van der Waals surface area contributed by atoms with Gasteiger partial charge in [-0.05, 0) is 12.1 Å². The number of aromatic nitrogens is 1. The fourth-order valence-corrected chi connectivity index (χ4v) is 2.21. The number of nitrogens with zero attached hydrogens (tertiary/aromatic N) is 2. The summed E-state index contributed by atoms with van der Waals surface area (Å²) in [6, 6.07) is 11.8. The van der Waals surface area contributed by atoms with Gasteiger partial charge in [-0.25, -0.2) is 4.98 Å². The fraction of sp³-hybridized carbons (Fsp3) is 0.333. The number of rotatable bonds is 4. The lowest BCUT2D eigenvalue weighted by Crippen LogP contribution is -2.57. The molecule has 1 amide bonds. The monoisotopic (exact) mass is 272 g/mol. The minimum Gasteiger partial charge on any atom is -0.471 e. The van der Waals surface area contributed by atoms with Crippen LogP contribution in [0.3, 0.4) is 0 Å². The Morgan fingerprint density at radius 3 is 2.90 bits per heavy atom. The summed E-state index contributed by atoms with van der Waals surface area (Å²) in [5.74, 6) is 0.603. The maximum Gasteiger partial charge on any atom is 0.248 e. The van der Waals surface area contributed by atoms with Gasteiger partial charge in [0, 0.05) is 18.6 Å². The molecule has 0 saturated carbocycles. The maximum atomic E-state index is 11.5. The molecule has 0 aliphatic carbocycles. The van der Waals surface area contributed by atoms with Crippen molar-refractivity contribution in [3.63, 3.8) is 0 Å². The van der Waals surface area contributed by atoms with Crippen LogP contribution < -0.4 is 4.74 Å². The van der Waals surface area contributed by atoms with Crippen LogP contribution in [0.25, 0.3) is 10.9 Å². The minimum absolute atomic E-state index is 0.00109. The molecule has 0 unspecified atom stereocenters. The fourth-order valence-electron chi connectivity index (χ4n) is 2.21. The minimum atomic E-state index is -0.00109. The third kappa shape index (κ3) is 2.58. The van der Waals surface area contributed by atoms with Crippen LogP contribution in [0.2, 0.25) is 0 Å². The Morgan fingerprint density at radius 2 is 2.10 bits per heavy atom. The summed E-state index contributed by atoms with van der Waals surface area (Å²) in [5.41, 5.74) is 0.914. The van der Waals surface area contributed by atoms with E-state index in [0.717, 1.165) is 10.9 Å². The van der Waals surface area contributed by atoms with Gasteiger partial charge in [0.05, 0.1) is 18.6 Å². The molecule has 0 radical (unpaired) electrons. The number of hydrogen-bond acceptors (Lipinski definition) is 4. The van der Waals surface area contributed by atoms with Crippen LogP contribution in [-0.2, 0) is 9.53 Å². The summed E-state index contributed by atoms with van der Waals surface area (Å²) in [6.07, 6.45) is 0.0180. The van der Waals surface area contributed by atoms with Crippen molar-refractivity contribution in [2.45, 2.75) is 6.10 Å². The lowest BCUT2D eigenvalue weighted by Gasteiger charge is -2.38. The van der Waals surface area contributed by atoms with Crippen molar-refractivity contribution < 1.29 is 14.3 Å². The lowest BCUT2D eigenvalue weighted by atomic mass is 10.1. The molecule has 1 aromatic heterocycles. The van der Waals surface area contributed by atoms with E-state index in [1.54, 1.807) is 4.90 Å². The third-order valence-corrected chi connectivity index (χ3v) is 3.33. The van der Waals surface area contributed by atoms with Gasteiger partial charge in [0.1, 0.15) is 12.7 Å². The van der Waals surface area contributed by atoms with Crippen LogP contribution in [0.1, 0.15) is 0 Å². The van der Waals surface area contributed by atoms with Gasteiger partial charge in [0.15, 0.2) is 0 Å². The molecule has 1 aliphatic rings. The summed E-state index contributed by atoms with van der Waals surface area (Å²) in [6.45, 7) is 1.31. The van der Waals surface area contributed by atoms with Crippen molar-refractivity contribution in [2.75, 3.05) is 26.8 Å². The molecule has 1 fully saturated rings. The molecule has 1 aliphatic heterocycles. The van der Waals surface area contributed by atoms with Crippen molar-refractivity contribution in [3.8, 4) is 5.88 Å². The SMILES string of the molecule is COCC(=O)N1CC(Oc2ccc3ccccc3n2)C1. The number of amides is 1. The summed E-state index contributed by atoms with van der Waals surface area (Å²) < 4.78 is 10.6. The number of pyridine rings is 1. The molecule has 1 saturated heterocycles. The molecule has 1 aromatic carbocycles. The average Bonchev–Trinajstić information content (AvgIpc) is 2.42. The van der Waals surface area contributed by atoms with E-state index in [9.17, 15) is 4.79 Å². The molecule has 20 heavy (non-hydrogen) atoms. The van der Waals surface area contributed by atoms with Gasteiger partial charge in [-0.3, -0.25) is 4.79 Å². The predicted octanol–water partition coefficient (Wildman–Crippen LogP) is 1.47. The standard InChI is InChI=1S/C15H16N2O3/c1-19-10-15(18)17-8-12(9-17)20-14-7-6-11-4-2-3-5-13(11)16-14/h2-7,12H,8-10H2,1H3. The van der Waals surface area contributed by atoms with Crippen LogP contribution in [0.5, 0.6) is 5.88 Å². The molecule has 5 nitrogen and oxygen atoms in total. The smallest absolute Gasteiger partial charge is 0.248 e. The Bertz CT molecular complexity index is 623. The van der Waals surface area contributed by atoms with Gasteiger partial charge >= 0.3 is 0 Å². The molecule has 0 bridgehead atoms. The summed E-state index contributed by atoms with van der Waals surface area (Å²) in [4.78, 5) is 17.7. The van der Waals surface area contributed by atoms with E-state index in [0.29, 0.717) is 19.0 Å². The van der Waals surface area contributed by atoms with Crippen molar-refractivity contribution in [1.29, 1.82) is 0 Å². The number of para-hydroxylation sites is 1. The number of carbonyl (C=O) groups excluding carboxylic acids is 1. The second-order valence-electron chi connectivity index (χ2n) is 4.81. The number of carbonyl (C=O) groups is 1. The van der Waals surface area contributed by atoms with Crippen molar-refractivity contribution in [2.24, 2.45) is 0 Å². The first-order valence-electron chi connectivity index (χ1n) is 6.55. The molecular weight excluding hydrogens is 256 g/mol. The Balaban J connectivity index is 1.60. The molecule has 104 valence electrons. The topological polar surface area (TPSA) is 51.7 Å². The largest absolute Gasteiger partial charge is 0.471 e. The highest BCUT2D eigenvalue weighted by Gasteiger charge is 2.32. The number of likely N-dealkylation sites (tertiary alicyclic amines) is 1. The van der Waals surface area contributed by atoms with E-state index < -0.39 is 0 Å². The first kappa shape index (κ1) is 12.9. The summed E-state index contributed by atoms with van der Waals surface area (Å²) >= 11 is 0. The van der Waals surface area contributed by atoms with Crippen LogP contribution in [0.15, 0.2) is 36.4 Å². The predicted molar refractivity (Wildman–Crippen MR) is 74.6 cm³/mol. The Labute approximate surface area is 117 Å². The molecular formula is C15H16N2O3. The molecule has 3 rings (SSSR count). The lowest BCUT2D eigenvalue weighted by molar-refractivity contribution is -0.144. The van der Waals surface area contributed by atoms with Crippen molar-refractivity contribution >= 4 is 16.8 Å². The van der Waals surface area contributed by atoms with Gasteiger partial charge in [0.25, 0.3) is 0 Å². The van der Waals surface area contributed by atoms with Crippen LogP contribution in [-0.4, -0.2) is 48.7 Å². The first-order valence-corrected chi connectivity index (χ1v) is 6.55. The van der Waals surface area contributed by atoms with Gasteiger partial charge in [-0.2, -0.15) is 0 Å². The highest BCUT2D eigenvalue weighted by atomic mass is 16.5. The number of methoxy groups -OCH3 is 1. The second-order valence-corrected chi connectivity index (χ2v) is 4.81. The second kappa shape index (κ2) is 5.46. The van der Waals surface area contributed by atoms with Gasteiger partial charge in [-0.15, -0.1) is 0 Å². The Kier molecular flexibility index (Phi) is 3.52. The van der Waals surface area contributed by atoms with E-state index in [2.05, 4.69) is 4.98 Å². The first-order chi connectivity index (χ1) is 9.76. The summed E-state index contributed by atoms with van der Waals surface area (Å²) in [7, 11) is 1.52. The number of hydrogen-bond donors (Lipinski definition) is 0. The van der Waals surface area contributed by atoms with Crippen LogP contribution in [0, 0.1) is 0 Å². The van der Waals surface area contributed by atoms with Crippen LogP contribution in [0.4, 0.5) is 0 Å². The number of benzene rings is 1.